The van der Waals surface area contributed by atoms with Crippen LogP contribution >= 0.6 is 0 Å². The summed E-state index contributed by atoms with van der Waals surface area (Å²) in [6.45, 7) is 0. The summed E-state index contributed by atoms with van der Waals surface area (Å²) in [6.07, 6.45) is 0. The summed E-state index contributed by atoms with van der Waals surface area (Å²) in [5.74, 6) is 0.506. The molecule has 6 rings (SSSR count). The van der Waals surface area contributed by atoms with Gasteiger partial charge >= 0.3 is 0 Å². The van der Waals surface area contributed by atoms with Gasteiger partial charge in [0.1, 0.15) is 17.0 Å². The highest BCUT2D eigenvalue weighted by molar-refractivity contribution is 6.19. The predicted octanol–water partition coefficient (Wildman–Crippen LogP) is 7.92. The van der Waals surface area contributed by atoms with Crippen molar-refractivity contribution in [2.24, 2.45) is 10.7 Å². The van der Waals surface area contributed by atoms with E-state index in [2.05, 4.69) is 96.0 Å². The Kier molecular flexibility index (Phi) is 5.16. The van der Waals surface area contributed by atoms with Crippen molar-refractivity contribution in [3.05, 3.63) is 121 Å². The zero-order chi connectivity index (χ0) is 23.8. The van der Waals surface area contributed by atoms with Crippen molar-refractivity contribution in [2.45, 2.75) is 0 Å². The summed E-state index contributed by atoms with van der Waals surface area (Å²) >= 11 is 0. The minimum absolute atomic E-state index is 0.506. The lowest BCUT2D eigenvalue weighted by Gasteiger charge is -2.07. The van der Waals surface area contributed by atoms with Crippen LogP contribution in [0.3, 0.4) is 0 Å². The predicted molar refractivity (Wildman–Crippen MR) is 147 cm³/mol. The maximum Gasteiger partial charge on any atom is 0.143 e. The van der Waals surface area contributed by atoms with E-state index in [1.54, 1.807) is 7.05 Å². The number of para-hydroxylation sites is 1. The first-order chi connectivity index (χ1) is 17.2. The largest absolute Gasteiger partial charge is 0.455 e. The molecule has 0 spiro atoms. The molecule has 5 aromatic carbocycles. The molecule has 3 nitrogen and oxygen atoms in total. The van der Waals surface area contributed by atoms with Gasteiger partial charge in [-0.15, -0.1) is 0 Å². The molecule has 1 aromatic heterocycles. The van der Waals surface area contributed by atoms with E-state index in [9.17, 15) is 0 Å². The number of hydrogen-bond acceptors (Lipinski definition) is 2. The molecular weight excluding hydrogens is 428 g/mol. The minimum Gasteiger partial charge on any atom is -0.455 e. The van der Waals surface area contributed by atoms with E-state index in [0.29, 0.717) is 5.84 Å². The second-order valence-electron chi connectivity index (χ2n) is 8.59. The van der Waals surface area contributed by atoms with Gasteiger partial charge in [-0.05, 0) is 33.9 Å². The number of hydrogen-bond donors (Lipinski definition) is 1. The van der Waals surface area contributed by atoms with E-state index in [0.717, 1.165) is 38.6 Å². The van der Waals surface area contributed by atoms with E-state index in [1.165, 1.54) is 22.3 Å². The molecule has 0 amide bonds. The van der Waals surface area contributed by atoms with Gasteiger partial charge in [0.2, 0.25) is 0 Å². The van der Waals surface area contributed by atoms with Gasteiger partial charge in [0, 0.05) is 28.9 Å². The highest BCUT2D eigenvalue weighted by Crippen LogP contribution is 2.38. The molecule has 168 valence electrons. The quantitative estimate of drug-likeness (QED) is 0.218. The van der Waals surface area contributed by atoms with Gasteiger partial charge in [0.25, 0.3) is 0 Å². The van der Waals surface area contributed by atoms with Crippen molar-refractivity contribution in [3.8, 4) is 33.4 Å². The topological polar surface area (TPSA) is 51.5 Å². The number of nitrogens with zero attached hydrogens (tertiary/aromatic N) is 1. The Balaban J connectivity index is 1.38. The van der Waals surface area contributed by atoms with Crippen molar-refractivity contribution in [1.29, 1.82) is 0 Å². The van der Waals surface area contributed by atoms with Crippen LogP contribution in [0.1, 0.15) is 5.56 Å². The van der Waals surface area contributed by atoms with E-state index in [1.807, 2.05) is 24.3 Å². The molecule has 0 unspecified atom stereocenters. The van der Waals surface area contributed by atoms with Crippen molar-refractivity contribution < 1.29 is 4.42 Å². The Morgan fingerprint density at radius 3 is 1.80 bits per heavy atom. The third-order valence-electron chi connectivity index (χ3n) is 6.56. The summed E-state index contributed by atoms with van der Waals surface area (Å²) in [7, 11) is 1.71. The van der Waals surface area contributed by atoms with Crippen LogP contribution in [-0.2, 0) is 0 Å². The zero-order valence-corrected chi connectivity index (χ0v) is 19.4. The first kappa shape index (κ1) is 20.9. The van der Waals surface area contributed by atoms with E-state index < -0.39 is 0 Å². The third kappa shape index (κ3) is 3.68. The molecule has 0 fully saturated rings. The van der Waals surface area contributed by atoms with Gasteiger partial charge in [-0.25, -0.2) is 0 Å². The van der Waals surface area contributed by atoms with Crippen molar-refractivity contribution in [2.75, 3.05) is 7.05 Å². The molecule has 0 aliphatic rings. The van der Waals surface area contributed by atoms with Crippen molar-refractivity contribution in [1.82, 2.24) is 0 Å². The Labute approximate surface area is 204 Å². The zero-order valence-electron chi connectivity index (χ0n) is 19.4. The standard InChI is InChI=1S/C32H24N2O/c1-34-32(33)28-11-6-12-29-30(28)27-10-5-9-26(31(27)35-29)25-19-17-24(18-20-25)23-15-13-22(14-16-23)21-7-3-2-4-8-21/h2-20H,1H3,(H2,33,34). The molecule has 2 N–H and O–H groups in total. The maximum atomic E-state index is 6.33. The Morgan fingerprint density at radius 2 is 1.17 bits per heavy atom. The molecule has 0 radical (unpaired) electrons. The van der Waals surface area contributed by atoms with Crippen LogP contribution in [0.25, 0.3) is 55.3 Å². The molecule has 35 heavy (non-hydrogen) atoms. The Morgan fingerprint density at radius 1 is 0.600 bits per heavy atom. The summed E-state index contributed by atoms with van der Waals surface area (Å²) in [5, 5.41) is 2.04. The summed E-state index contributed by atoms with van der Waals surface area (Å²) in [4.78, 5) is 4.19. The fourth-order valence-electron chi connectivity index (χ4n) is 4.74. The van der Waals surface area contributed by atoms with Gasteiger partial charge < -0.3 is 10.2 Å². The van der Waals surface area contributed by atoms with Gasteiger partial charge in [0.15, 0.2) is 0 Å². The normalized spacial score (nSPS) is 11.9. The number of nitrogens with two attached hydrogens (primary N) is 1. The number of benzene rings is 5. The van der Waals surface area contributed by atoms with Crippen LogP contribution in [0, 0.1) is 0 Å². The van der Waals surface area contributed by atoms with E-state index in [-0.39, 0.29) is 0 Å². The Bertz CT molecular complexity index is 1680. The molecule has 0 bridgehead atoms. The highest BCUT2D eigenvalue weighted by Gasteiger charge is 2.16. The van der Waals surface area contributed by atoms with Gasteiger partial charge in [-0.1, -0.05) is 109 Å². The number of fused-ring (bicyclic) bond motifs is 3. The summed E-state index contributed by atoms with van der Waals surface area (Å²) < 4.78 is 6.33. The van der Waals surface area contributed by atoms with E-state index in [4.69, 9.17) is 10.2 Å². The van der Waals surface area contributed by atoms with Crippen LogP contribution < -0.4 is 5.73 Å². The molecule has 0 saturated carbocycles. The molecule has 0 aliphatic heterocycles. The third-order valence-corrected chi connectivity index (χ3v) is 6.56. The van der Waals surface area contributed by atoms with Crippen LogP contribution in [0.15, 0.2) is 125 Å². The fraction of sp³-hybridized carbons (Fsp3) is 0.0312. The number of amidine groups is 1. The molecule has 0 atom stereocenters. The molecule has 0 saturated heterocycles. The van der Waals surface area contributed by atoms with Gasteiger partial charge in [-0.3, -0.25) is 4.99 Å². The monoisotopic (exact) mass is 452 g/mol. The van der Waals surface area contributed by atoms with Crippen molar-refractivity contribution >= 4 is 27.8 Å². The first-order valence-corrected chi connectivity index (χ1v) is 11.7. The number of aliphatic imine (C=N–C) groups is 1. The van der Waals surface area contributed by atoms with Crippen molar-refractivity contribution in [3.63, 3.8) is 0 Å². The highest BCUT2D eigenvalue weighted by atomic mass is 16.3. The van der Waals surface area contributed by atoms with Gasteiger partial charge in [-0.2, -0.15) is 0 Å². The first-order valence-electron chi connectivity index (χ1n) is 11.7. The second-order valence-corrected chi connectivity index (χ2v) is 8.59. The summed E-state index contributed by atoms with van der Waals surface area (Å²) in [6, 6.07) is 40.0. The lowest BCUT2D eigenvalue weighted by atomic mass is 9.97. The fourth-order valence-corrected chi connectivity index (χ4v) is 4.74. The van der Waals surface area contributed by atoms with Crippen LogP contribution in [-0.4, -0.2) is 12.9 Å². The lowest BCUT2D eigenvalue weighted by molar-refractivity contribution is 0.670. The van der Waals surface area contributed by atoms with Crippen LogP contribution in [0.2, 0.25) is 0 Å². The Hall–Kier alpha value is -4.63. The molecule has 0 aliphatic carbocycles. The number of rotatable bonds is 4. The average Bonchev–Trinajstić information content (AvgIpc) is 3.32. The lowest BCUT2D eigenvalue weighted by Crippen LogP contribution is -2.12. The van der Waals surface area contributed by atoms with Gasteiger partial charge in [0.05, 0.1) is 0 Å². The SMILES string of the molecule is CN=C(N)c1cccc2oc3c(-c4ccc(-c5ccc(-c6ccccc6)cc5)cc4)cccc3c12. The molecule has 6 aromatic rings. The molecular formula is C32H24N2O. The smallest absolute Gasteiger partial charge is 0.143 e. The molecule has 3 heteroatoms. The number of furan rings is 1. The maximum absolute atomic E-state index is 6.33. The minimum atomic E-state index is 0.506. The molecule has 1 heterocycles. The van der Waals surface area contributed by atoms with Crippen LogP contribution in [0.5, 0.6) is 0 Å². The van der Waals surface area contributed by atoms with E-state index >= 15 is 0 Å². The van der Waals surface area contributed by atoms with Crippen LogP contribution in [0.4, 0.5) is 0 Å². The second kappa shape index (κ2) is 8.62. The average molecular weight is 453 g/mol. The summed E-state index contributed by atoms with van der Waals surface area (Å²) in [5.41, 5.74) is 15.7.